The highest BCUT2D eigenvalue weighted by atomic mass is 32.2. The predicted octanol–water partition coefficient (Wildman–Crippen LogP) is 1.41. The molecule has 0 saturated carbocycles. The molecule has 0 spiro atoms. The van der Waals surface area contributed by atoms with Crippen LogP contribution in [0.25, 0.3) is 10.9 Å². The van der Waals surface area contributed by atoms with Gasteiger partial charge in [-0.3, -0.25) is 24.1 Å². The van der Waals surface area contributed by atoms with Crippen LogP contribution in [0.3, 0.4) is 0 Å². The second kappa shape index (κ2) is 14.0. The first kappa shape index (κ1) is 33.5. The van der Waals surface area contributed by atoms with Gasteiger partial charge in [0.25, 0.3) is 11.8 Å². The molecule has 256 valence electrons. The molecule has 2 fully saturated rings. The van der Waals surface area contributed by atoms with E-state index in [0.717, 1.165) is 23.4 Å². The zero-order chi connectivity index (χ0) is 34.8. The van der Waals surface area contributed by atoms with Crippen LogP contribution in [0, 0.1) is 5.82 Å². The van der Waals surface area contributed by atoms with Gasteiger partial charge in [-0.05, 0) is 31.2 Å². The van der Waals surface area contributed by atoms with Gasteiger partial charge >= 0.3 is 11.9 Å². The van der Waals surface area contributed by atoms with Gasteiger partial charge in [0, 0.05) is 55.5 Å². The Morgan fingerprint density at radius 1 is 1.08 bits per heavy atom. The highest BCUT2D eigenvalue weighted by molar-refractivity contribution is 8.00. The Morgan fingerprint density at radius 3 is 2.49 bits per heavy atom. The molecule has 6 rings (SSSR count). The van der Waals surface area contributed by atoms with Crippen LogP contribution in [0.4, 0.5) is 10.1 Å². The molecular formula is C33H32FN5O9S. The number of piperazine rings is 1. The van der Waals surface area contributed by atoms with E-state index in [-0.39, 0.29) is 46.9 Å². The Hall–Kier alpha value is -5.38. The van der Waals surface area contributed by atoms with E-state index in [0.29, 0.717) is 37.4 Å². The number of nitrogens with zero attached hydrogens (tertiary/aromatic N) is 4. The monoisotopic (exact) mass is 693 g/mol. The molecule has 49 heavy (non-hydrogen) atoms. The molecule has 0 unspecified atom stereocenters. The van der Waals surface area contributed by atoms with Gasteiger partial charge in [0.15, 0.2) is 12.0 Å². The normalized spacial score (nSPS) is 18.9. The standard InChI is InChI=1S/C33H32FN5O9S/c1-2-38-23-13-24(37-10-8-36(18-40)9-11-37)22(34)12-21(23)26(41)14-25(38)33(46)48-15-19-17-49-31-28(30(43)39(31)29(19)32(44)45)35-27(42)16-47-20-6-4-3-5-7-20/h3-7,12-14,18,28,31H,2,8-11,15-17H2,1H3,(H,35,42)(H,44,45)/t28-,31-/m1/s1. The molecule has 14 nitrogen and oxygen atoms in total. The van der Waals surface area contributed by atoms with E-state index >= 15 is 4.39 Å². The lowest BCUT2D eigenvalue weighted by Crippen LogP contribution is -2.71. The number of amides is 3. The lowest BCUT2D eigenvalue weighted by molar-refractivity contribution is -0.151. The Kier molecular flexibility index (Phi) is 9.58. The summed E-state index contributed by atoms with van der Waals surface area (Å²) in [4.78, 5) is 79.8. The minimum atomic E-state index is -1.40. The number of thioether (sulfide) groups is 1. The van der Waals surface area contributed by atoms with Gasteiger partial charge in [-0.2, -0.15) is 0 Å². The maximum Gasteiger partial charge on any atom is 0.355 e. The van der Waals surface area contributed by atoms with Gasteiger partial charge in [0.2, 0.25) is 6.41 Å². The first-order valence-electron chi connectivity index (χ1n) is 15.5. The number of para-hydroxylation sites is 1. The molecule has 3 aromatic rings. The Labute approximate surface area is 283 Å². The second-order valence-electron chi connectivity index (χ2n) is 11.5. The number of ether oxygens (including phenoxy) is 2. The van der Waals surface area contributed by atoms with Gasteiger partial charge in [-0.1, -0.05) is 18.2 Å². The summed E-state index contributed by atoms with van der Waals surface area (Å²) < 4.78 is 27.7. The topological polar surface area (TPSA) is 168 Å². The number of pyridine rings is 1. The Balaban J connectivity index is 1.17. The molecule has 3 amide bonds. The van der Waals surface area contributed by atoms with Crippen LogP contribution in [0.5, 0.6) is 5.75 Å². The van der Waals surface area contributed by atoms with Crippen molar-refractivity contribution in [2.24, 2.45) is 0 Å². The van der Waals surface area contributed by atoms with Crippen LogP contribution >= 0.6 is 11.8 Å². The van der Waals surface area contributed by atoms with E-state index in [1.165, 1.54) is 22.4 Å². The summed E-state index contributed by atoms with van der Waals surface area (Å²) in [6.45, 7) is 2.73. The molecule has 16 heteroatoms. The largest absolute Gasteiger partial charge is 0.484 e. The van der Waals surface area contributed by atoms with E-state index in [4.69, 9.17) is 9.47 Å². The van der Waals surface area contributed by atoms with Gasteiger partial charge in [-0.25, -0.2) is 14.0 Å². The van der Waals surface area contributed by atoms with Crippen molar-refractivity contribution in [2.45, 2.75) is 24.9 Å². The number of halogens is 1. The molecule has 2 aromatic carbocycles. The van der Waals surface area contributed by atoms with E-state index in [9.17, 15) is 33.9 Å². The van der Waals surface area contributed by atoms with Crippen molar-refractivity contribution in [2.75, 3.05) is 50.0 Å². The maximum atomic E-state index is 15.2. The number of benzene rings is 2. The third kappa shape index (κ3) is 6.55. The van der Waals surface area contributed by atoms with Crippen molar-refractivity contribution in [3.63, 3.8) is 0 Å². The van der Waals surface area contributed by atoms with Crippen molar-refractivity contribution >= 4 is 58.5 Å². The van der Waals surface area contributed by atoms with Gasteiger partial charge in [0.05, 0.1) is 11.2 Å². The summed E-state index contributed by atoms with van der Waals surface area (Å²) in [7, 11) is 0. The average Bonchev–Trinajstić information content (AvgIpc) is 3.11. The molecule has 2 saturated heterocycles. The number of aryl methyl sites for hydroxylation is 1. The second-order valence-corrected chi connectivity index (χ2v) is 12.6. The fraction of sp³-hybridized carbons (Fsp3) is 0.333. The van der Waals surface area contributed by atoms with Crippen LogP contribution in [-0.2, 0) is 30.5 Å². The molecule has 3 aliphatic rings. The zero-order valence-electron chi connectivity index (χ0n) is 26.3. The van der Waals surface area contributed by atoms with E-state index in [1.807, 2.05) is 0 Å². The molecule has 1 aromatic heterocycles. The molecule has 0 aliphatic carbocycles. The van der Waals surface area contributed by atoms with Crippen LogP contribution in [-0.4, -0.2) is 106 Å². The number of fused-ring (bicyclic) bond motifs is 2. The molecule has 2 N–H and O–H groups in total. The number of β-lactam (4-membered cyclic amide) rings is 1. The van der Waals surface area contributed by atoms with Gasteiger partial charge in [-0.15, -0.1) is 11.8 Å². The number of anilines is 1. The fourth-order valence-electron chi connectivity index (χ4n) is 6.10. The lowest BCUT2D eigenvalue weighted by atomic mass is 10.0. The van der Waals surface area contributed by atoms with Gasteiger partial charge < -0.3 is 34.3 Å². The number of carboxylic acids is 1. The summed E-state index contributed by atoms with van der Waals surface area (Å²) in [5, 5.41) is 12.0. The van der Waals surface area contributed by atoms with E-state index in [2.05, 4.69) is 5.32 Å². The lowest BCUT2D eigenvalue weighted by Gasteiger charge is -2.49. The van der Waals surface area contributed by atoms with Crippen LogP contribution in [0.2, 0.25) is 0 Å². The van der Waals surface area contributed by atoms with E-state index in [1.54, 1.807) is 47.1 Å². The highest BCUT2D eigenvalue weighted by Gasteiger charge is 2.54. The smallest absolute Gasteiger partial charge is 0.355 e. The van der Waals surface area contributed by atoms with Crippen molar-refractivity contribution in [1.82, 2.24) is 19.7 Å². The SMILES string of the molecule is CCn1c(C(=O)OCC2=C(C(=O)O)N3C(=O)[C@@H](NC(=O)COc4ccccc4)[C@H]3SC2)cc(=O)c2cc(F)c(N3CCN(C=O)CC3)cc21. The number of aromatic nitrogens is 1. The maximum absolute atomic E-state index is 15.2. The number of carbonyl (C=O) groups is 5. The third-order valence-electron chi connectivity index (χ3n) is 8.57. The number of hydrogen-bond donors (Lipinski definition) is 2. The summed E-state index contributed by atoms with van der Waals surface area (Å²) in [5.74, 6) is -3.52. The predicted molar refractivity (Wildman–Crippen MR) is 176 cm³/mol. The molecule has 2 atom stereocenters. The number of hydrogen-bond acceptors (Lipinski definition) is 10. The van der Waals surface area contributed by atoms with Crippen molar-refractivity contribution in [3.05, 3.63) is 81.5 Å². The molecule has 4 heterocycles. The summed E-state index contributed by atoms with van der Waals surface area (Å²) in [6.07, 6.45) is 0.739. The highest BCUT2D eigenvalue weighted by Crippen LogP contribution is 2.40. The van der Waals surface area contributed by atoms with Crippen LogP contribution < -0.4 is 20.4 Å². The summed E-state index contributed by atoms with van der Waals surface area (Å²) in [6, 6.07) is 11.4. The molecule has 0 bridgehead atoms. The van der Waals surface area contributed by atoms with Gasteiger partial charge in [0.1, 0.15) is 41.0 Å². The molecular weight excluding hydrogens is 661 g/mol. The van der Waals surface area contributed by atoms with Crippen LogP contribution in [0.15, 0.2) is 64.6 Å². The Morgan fingerprint density at radius 2 is 1.82 bits per heavy atom. The minimum Gasteiger partial charge on any atom is -0.484 e. The van der Waals surface area contributed by atoms with Crippen LogP contribution in [0.1, 0.15) is 17.4 Å². The first-order valence-corrected chi connectivity index (χ1v) is 16.5. The number of nitrogens with one attached hydrogen (secondary N) is 1. The zero-order valence-corrected chi connectivity index (χ0v) is 27.1. The number of carbonyl (C=O) groups excluding carboxylic acids is 4. The number of esters is 1. The minimum absolute atomic E-state index is 0.0707. The molecule has 3 aliphatic heterocycles. The number of carboxylic acid groups (broad SMARTS) is 1. The summed E-state index contributed by atoms with van der Waals surface area (Å²) >= 11 is 1.21. The van der Waals surface area contributed by atoms with Crippen molar-refractivity contribution in [1.29, 1.82) is 0 Å². The third-order valence-corrected chi connectivity index (χ3v) is 9.91. The number of aliphatic carboxylic acids is 1. The quantitative estimate of drug-likeness (QED) is 0.169. The van der Waals surface area contributed by atoms with Crippen molar-refractivity contribution in [3.8, 4) is 5.75 Å². The van der Waals surface area contributed by atoms with Crippen molar-refractivity contribution < 1.29 is 42.9 Å². The average molecular weight is 694 g/mol. The first-order chi connectivity index (χ1) is 23.6. The Bertz CT molecular complexity index is 1930. The molecule has 0 radical (unpaired) electrons. The van der Waals surface area contributed by atoms with E-state index < -0.39 is 53.0 Å². The fourth-order valence-corrected chi connectivity index (χ4v) is 7.43. The summed E-state index contributed by atoms with van der Waals surface area (Å²) in [5.41, 5.74) is -0.342. The number of rotatable bonds is 11.